The molecule has 3 nitrogen and oxygen atoms in total. The van der Waals surface area contributed by atoms with Crippen LogP contribution in [0.4, 0.5) is 10.5 Å². The molecule has 0 spiro atoms. The van der Waals surface area contributed by atoms with Crippen molar-refractivity contribution in [2.45, 2.75) is 63.4 Å². The molecular formula is C19H31NO2S2Si. The van der Waals surface area contributed by atoms with E-state index in [1.807, 2.05) is 54.9 Å². The van der Waals surface area contributed by atoms with E-state index < -0.39 is 13.8 Å². The van der Waals surface area contributed by atoms with Crippen molar-refractivity contribution in [2.75, 3.05) is 16.1 Å². The van der Waals surface area contributed by atoms with Crippen molar-refractivity contribution in [1.29, 1.82) is 0 Å². The number of rotatable bonds is 4. The molecule has 1 aliphatic heterocycles. The van der Waals surface area contributed by atoms with Crippen molar-refractivity contribution in [3.63, 3.8) is 0 Å². The summed E-state index contributed by atoms with van der Waals surface area (Å²) in [6.07, 6.45) is 2.07. The molecule has 1 amide bonds. The highest BCUT2D eigenvalue weighted by atomic mass is 32.2. The Labute approximate surface area is 162 Å². The first-order valence-corrected chi connectivity index (χ1v) is 14.5. The van der Waals surface area contributed by atoms with Gasteiger partial charge < -0.3 is 9.30 Å². The third kappa shape index (κ3) is 6.26. The van der Waals surface area contributed by atoms with Crippen LogP contribution < -0.4 is 4.57 Å². The predicted molar refractivity (Wildman–Crippen MR) is 116 cm³/mol. The summed E-state index contributed by atoms with van der Waals surface area (Å²) < 4.78 is 8.27. The van der Waals surface area contributed by atoms with Crippen LogP contribution in [0.15, 0.2) is 24.3 Å². The number of anilines is 1. The summed E-state index contributed by atoms with van der Waals surface area (Å²) in [6, 6.07) is 8.35. The second kappa shape index (κ2) is 8.40. The second-order valence-corrected chi connectivity index (χ2v) is 16.1. The smallest absolute Gasteiger partial charge is 0.406 e. The molecule has 25 heavy (non-hydrogen) atoms. The average molecular weight is 398 g/mol. The Kier molecular flexibility index (Phi) is 6.96. The van der Waals surface area contributed by atoms with E-state index in [9.17, 15) is 4.79 Å². The van der Waals surface area contributed by atoms with Crippen LogP contribution in [0, 0.1) is 0 Å². The standard InChI is InChI=1S/C19H31NO2S2Si/c1-19(2,3)22-18(21)20(25(4,5)6)16-11-8-7-10-15(16)14-17-23-12-9-13-24-17/h7-8,10-11,17H,9,12-14H2,1-6H3. The van der Waals surface area contributed by atoms with Crippen LogP contribution in [0.1, 0.15) is 32.8 Å². The fourth-order valence-corrected chi connectivity index (χ4v) is 7.20. The number of benzene rings is 1. The van der Waals surface area contributed by atoms with E-state index in [1.165, 1.54) is 23.5 Å². The van der Waals surface area contributed by atoms with Gasteiger partial charge in [-0.05, 0) is 56.7 Å². The van der Waals surface area contributed by atoms with Crippen LogP contribution >= 0.6 is 23.5 Å². The first kappa shape index (κ1) is 20.7. The minimum Gasteiger partial charge on any atom is -0.444 e. The van der Waals surface area contributed by atoms with E-state index >= 15 is 0 Å². The number of amides is 1. The number of nitrogens with zero attached hydrogens (tertiary/aromatic N) is 1. The van der Waals surface area contributed by atoms with E-state index in [1.54, 1.807) is 0 Å². The number of ether oxygens (including phenoxy) is 1. The SMILES string of the molecule is CC(C)(C)OC(=O)N(c1ccccc1CC1SCCCS1)[Si](C)(C)C. The number of para-hydroxylation sites is 1. The number of hydrogen-bond acceptors (Lipinski definition) is 4. The zero-order chi connectivity index (χ0) is 18.7. The van der Waals surface area contributed by atoms with Gasteiger partial charge in [-0.25, -0.2) is 4.79 Å². The van der Waals surface area contributed by atoms with E-state index in [4.69, 9.17) is 4.74 Å². The van der Waals surface area contributed by atoms with Crippen LogP contribution in [0.5, 0.6) is 0 Å². The topological polar surface area (TPSA) is 29.5 Å². The Morgan fingerprint density at radius 2 is 1.80 bits per heavy atom. The van der Waals surface area contributed by atoms with Crippen LogP contribution in [0.2, 0.25) is 19.6 Å². The van der Waals surface area contributed by atoms with Crippen molar-refractivity contribution < 1.29 is 9.53 Å². The summed E-state index contributed by atoms with van der Waals surface area (Å²) in [6.45, 7) is 12.4. The molecule has 0 aliphatic carbocycles. The normalized spacial score (nSPS) is 16.6. The Balaban J connectivity index is 2.32. The van der Waals surface area contributed by atoms with Gasteiger partial charge >= 0.3 is 6.09 Å². The molecule has 0 aromatic heterocycles. The molecule has 1 aromatic carbocycles. The number of carbonyl (C=O) groups excluding carboxylic acids is 1. The zero-order valence-corrected chi connectivity index (χ0v) is 18.9. The highest BCUT2D eigenvalue weighted by Gasteiger charge is 2.35. The zero-order valence-electron chi connectivity index (χ0n) is 16.3. The van der Waals surface area contributed by atoms with Crippen molar-refractivity contribution in [3.8, 4) is 0 Å². The van der Waals surface area contributed by atoms with Crippen molar-refractivity contribution in [1.82, 2.24) is 0 Å². The fourth-order valence-electron chi connectivity index (χ4n) is 2.78. The average Bonchev–Trinajstić information content (AvgIpc) is 2.47. The Hall–Kier alpha value is -0.593. The number of carbonyl (C=O) groups is 1. The molecule has 1 fully saturated rings. The summed E-state index contributed by atoms with van der Waals surface area (Å²) in [5.41, 5.74) is 1.80. The molecule has 0 atom stereocenters. The van der Waals surface area contributed by atoms with Gasteiger partial charge in [0.1, 0.15) is 5.60 Å². The second-order valence-electron chi connectivity index (χ2n) is 8.34. The van der Waals surface area contributed by atoms with Gasteiger partial charge in [0.15, 0.2) is 8.24 Å². The largest absolute Gasteiger partial charge is 0.444 e. The third-order valence-corrected chi connectivity index (χ3v) is 8.47. The maximum Gasteiger partial charge on any atom is 0.406 e. The molecule has 0 bridgehead atoms. The Morgan fingerprint density at radius 1 is 1.20 bits per heavy atom. The van der Waals surface area contributed by atoms with Gasteiger partial charge in [0, 0.05) is 5.69 Å². The lowest BCUT2D eigenvalue weighted by Crippen LogP contribution is -2.52. The molecule has 1 saturated heterocycles. The molecule has 1 aromatic rings. The molecule has 1 heterocycles. The quantitative estimate of drug-likeness (QED) is 0.583. The van der Waals surface area contributed by atoms with Crippen molar-refractivity contribution in [2.24, 2.45) is 0 Å². The lowest BCUT2D eigenvalue weighted by molar-refractivity contribution is 0.0605. The lowest BCUT2D eigenvalue weighted by Gasteiger charge is -2.37. The maximum atomic E-state index is 13.0. The minimum atomic E-state index is -1.94. The van der Waals surface area contributed by atoms with Gasteiger partial charge in [0.2, 0.25) is 0 Å². The summed E-state index contributed by atoms with van der Waals surface area (Å²) in [5, 5.41) is 0. The van der Waals surface area contributed by atoms with Gasteiger partial charge in [-0.3, -0.25) is 0 Å². The van der Waals surface area contributed by atoms with Crippen LogP contribution in [-0.2, 0) is 11.2 Å². The van der Waals surface area contributed by atoms with Crippen molar-refractivity contribution >= 4 is 43.5 Å². The molecule has 140 valence electrons. The molecular weight excluding hydrogens is 366 g/mol. The highest BCUT2D eigenvalue weighted by Crippen LogP contribution is 2.36. The molecule has 0 N–H and O–H groups in total. The van der Waals surface area contributed by atoms with Gasteiger partial charge in [0.25, 0.3) is 0 Å². The van der Waals surface area contributed by atoms with Crippen LogP contribution in [0.3, 0.4) is 0 Å². The monoisotopic (exact) mass is 397 g/mol. The third-order valence-electron chi connectivity index (χ3n) is 3.76. The molecule has 1 aliphatic rings. The molecule has 0 radical (unpaired) electrons. The first-order valence-electron chi connectivity index (χ1n) is 8.92. The van der Waals surface area contributed by atoms with Crippen LogP contribution in [-0.4, -0.2) is 36.0 Å². The van der Waals surface area contributed by atoms with E-state index in [0.717, 1.165) is 12.1 Å². The minimum absolute atomic E-state index is 0.219. The van der Waals surface area contributed by atoms with Crippen LogP contribution in [0.25, 0.3) is 0 Å². The summed E-state index contributed by atoms with van der Waals surface area (Å²) >= 11 is 4.09. The van der Waals surface area contributed by atoms with E-state index in [0.29, 0.717) is 4.58 Å². The predicted octanol–water partition coefficient (Wildman–Crippen LogP) is 6.00. The van der Waals surface area contributed by atoms with Gasteiger partial charge in [-0.1, -0.05) is 37.8 Å². The summed E-state index contributed by atoms with van der Waals surface area (Å²) in [5.74, 6) is 2.48. The van der Waals surface area contributed by atoms with Gasteiger partial charge in [-0.2, -0.15) is 0 Å². The first-order chi connectivity index (χ1) is 11.6. The van der Waals surface area contributed by atoms with E-state index in [-0.39, 0.29) is 6.09 Å². The Bertz CT molecular complexity index is 590. The van der Waals surface area contributed by atoms with Crippen molar-refractivity contribution in [3.05, 3.63) is 29.8 Å². The van der Waals surface area contributed by atoms with E-state index in [2.05, 4.69) is 37.8 Å². The maximum absolute atomic E-state index is 13.0. The summed E-state index contributed by atoms with van der Waals surface area (Å²) in [7, 11) is -1.94. The molecule has 0 unspecified atom stereocenters. The van der Waals surface area contributed by atoms with Gasteiger partial charge in [0.05, 0.1) is 4.58 Å². The highest BCUT2D eigenvalue weighted by molar-refractivity contribution is 8.17. The Morgan fingerprint density at radius 3 is 2.36 bits per heavy atom. The molecule has 2 rings (SSSR count). The molecule has 6 heteroatoms. The number of hydrogen-bond donors (Lipinski definition) is 0. The fraction of sp³-hybridized carbons (Fsp3) is 0.632. The van der Waals surface area contributed by atoms with Gasteiger partial charge in [-0.15, -0.1) is 23.5 Å². The number of thioether (sulfide) groups is 2. The molecule has 0 saturated carbocycles. The lowest BCUT2D eigenvalue weighted by atomic mass is 10.1. The summed E-state index contributed by atoms with van der Waals surface area (Å²) in [4.78, 5) is 13.0.